The van der Waals surface area contributed by atoms with Gasteiger partial charge in [-0.05, 0) is 44.4 Å². The van der Waals surface area contributed by atoms with E-state index in [4.69, 9.17) is 0 Å². The van der Waals surface area contributed by atoms with E-state index < -0.39 is 5.60 Å². The Hall–Kier alpha value is -1.12. The molecule has 0 radical (unpaired) electrons. The van der Waals surface area contributed by atoms with Crippen molar-refractivity contribution in [2.75, 3.05) is 0 Å². The molecule has 0 aliphatic rings. The molecule has 1 heterocycles. The van der Waals surface area contributed by atoms with Crippen LogP contribution in [0.1, 0.15) is 25.6 Å². The smallest absolute Gasteiger partial charge is 0.114 e. The van der Waals surface area contributed by atoms with Crippen molar-refractivity contribution >= 4 is 21.4 Å². The molecule has 0 amide bonds. The van der Waals surface area contributed by atoms with E-state index in [0.29, 0.717) is 0 Å². The minimum absolute atomic E-state index is 0.859. The Kier molecular flexibility index (Phi) is 2.87. The number of aliphatic hydroxyl groups is 1. The van der Waals surface area contributed by atoms with Gasteiger partial charge in [0, 0.05) is 9.58 Å². The molecule has 2 heteroatoms. The maximum absolute atomic E-state index is 10.4. The van der Waals surface area contributed by atoms with Gasteiger partial charge in [-0.2, -0.15) is 0 Å². The molecular weight excluding hydrogens is 216 g/mol. The third-order valence-electron chi connectivity index (χ3n) is 2.49. The van der Waals surface area contributed by atoms with Crippen LogP contribution in [0.25, 0.3) is 10.1 Å². The van der Waals surface area contributed by atoms with Crippen molar-refractivity contribution < 1.29 is 5.11 Å². The number of thiophene rings is 1. The highest BCUT2D eigenvalue weighted by atomic mass is 32.1. The quantitative estimate of drug-likeness (QED) is 0.774. The summed E-state index contributed by atoms with van der Waals surface area (Å²) in [7, 11) is 0. The molecule has 1 aromatic carbocycles. The van der Waals surface area contributed by atoms with Crippen LogP contribution in [0.4, 0.5) is 0 Å². The third-order valence-corrected chi connectivity index (χ3v) is 3.84. The van der Waals surface area contributed by atoms with Crippen molar-refractivity contribution in [3.05, 3.63) is 46.9 Å². The molecule has 2 rings (SSSR count). The first-order valence-electron chi connectivity index (χ1n) is 5.36. The zero-order chi connectivity index (χ0) is 11.8. The van der Waals surface area contributed by atoms with Gasteiger partial charge in [0.25, 0.3) is 0 Å². The van der Waals surface area contributed by atoms with E-state index >= 15 is 0 Å². The van der Waals surface area contributed by atoms with Crippen LogP contribution in [0.15, 0.2) is 42.0 Å². The van der Waals surface area contributed by atoms with E-state index in [-0.39, 0.29) is 0 Å². The monoisotopic (exact) mass is 232 g/mol. The van der Waals surface area contributed by atoms with Crippen LogP contribution in [-0.2, 0) is 5.60 Å². The molecular formula is C14H16OS. The zero-order valence-corrected chi connectivity index (χ0v) is 10.6. The molecule has 0 aliphatic heterocycles. The fourth-order valence-electron chi connectivity index (χ4n) is 1.86. The van der Waals surface area contributed by atoms with E-state index in [1.807, 2.05) is 39.0 Å². The predicted octanol–water partition coefficient (Wildman–Crippen LogP) is 4.08. The highest BCUT2D eigenvalue weighted by molar-refractivity contribution is 7.19. The van der Waals surface area contributed by atoms with E-state index in [1.54, 1.807) is 11.3 Å². The van der Waals surface area contributed by atoms with Gasteiger partial charge in [-0.1, -0.05) is 23.8 Å². The summed E-state index contributed by atoms with van der Waals surface area (Å²) in [5, 5.41) is 11.6. The molecule has 84 valence electrons. The van der Waals surface area contributed by atoms with E-state index in [2.05, 4.69) is 18.2 Å². The van der Waals surface area contributed by atoms with Crippen LogP contribution in [-0.4, -0.2) is 5.11 Å². The normalized spacial score (nSPS) is 14.8. The summed E-state index contributed by atoms with van der Waals surface area (Å²) < 4.78 is 1.22. The fraction of sp³-hybridized carbons (Fsp3) is 0.286. The largest absolute Gasteiger partial charge is 0.380 e. The first-order valence-corrected chi connectivity index (χ1v) is 6.18. The maximum Gasteiger partial charge on any atom is 0.114 e. The van der Waals surface area contributed by atoms with Crippen LogP contribution in [0, 0.1) is 0 Å². The number of benzene rings is 1. The summed E-state index contributed by atoms with van der Waals surface area (Å²) in [6, 6.07) is 10.3. The van der Waals surface area contributed by atoms with Crippen molar-refractivity contribution in [1.82, 2.24) is 0 Å². The van der Waals surface area contributed by atoms with Gasteiger partial charge in [0.2, 0.25) is 0 Å². The lowest BCUT2D eigenvalue weighted by molar-refractivity contribution is 0.114. The second-order valence-corrected chi connectivity index (χ2v) is 5.60. The highest BCUT2D eigenvalue weighted by Crippen LogP contribution is 2.34. The van der Waals surface area contributed by atoms with Gasteiger partial charge >= 0.3 is 0 Å². The Labute approximate surface area is 100 Å². The van der Waals surface area contributed by atoms with Crippen LogP contribution >= 0.6 is 11.3 Å². The second-order valence-electron chi connectivity index (χ2n) is 4.52. The van der Waals surface area contributed by atoms with Crippen LogP contribution in [0.3, 0.4) is 0 Å². The first kappa shape index (κ1) is 11.4. The van der Waals surface area contributed by atoms with Gasteiger partial charge in [-0.15, -0.1) is 11.3 Å². The highest BCUT2D eigenvalue weighted by Gasteiger charge is 2.22. The number of fused-ring (bicyclic) bond motifs is 1. The molecule has 1 unspecified atom stereocenters. The molecule has 1 atom stereocenters. The molecule has 0 spiro atoms. The number of allylic oxidation sites excluding steroid dienone is 1. The lowest BCUT2D eigenvalue weighted by atomic mass is 10.0. The summed E-state index contributed by atoms with van der Waals surface area (Å²) in [4.78, 5) is 0.995. The van der Waals surface area contributed by atoms with Crippen molar-refractivity contribution in [2.24, 2.45) is 0 Å². The van der Waals surface area contributed by atoms with E-state index in [1.165, 1.54) is 10.1 Å². The van der Waals surface area contributed by atoms with Gasteiger partial charge < -0.3 is 5.11 Å². The standard InChI is InChI=1S/C14H16OS/c1-10(2)9-14(3,15)13-8-11-6-4-5-7-12(11)16-13/h4-9,15H,1-3H3. The van der Waals surface area contributed by atoms with Gasteiger partial charge in [-0.3, -0.25) is 0 Å². The molecule has 0 saturated carbocycles. The maximum atomic E-state index is 10.4. The van der Waals surface area contributed by atoms with E-state index in [9.17, 15) is 5.11 Å². The number of hydrogen-bond acceptors (Lipinski definition) is 2. The van der Waals surface area contributed by atoms with E-state index in [0.717, 1.165) is 10.5 Å². The van der Waals surface area contributed by atoms with Gasteiger partial charge in [0.1, 0.15) is 5.60 Å². The van der Waals surface area contributed by atoms with Crippen LogP contribution in [0.2, 0.25) is 0 Å². The molecule has 1 N–H and O–H groups in total. The van der Waals surface area contributed by atoms with Crippen molar-refractivity contribution in [1.29, 1.82) is 0 Å². The predicted molar refractivity (Wildman–Crippen MR) is 70.8 cm³/mol. The summed E-state index contributed by atoms with van der Waals surface area (Å²) in [5.41, 5.74) is 0.269. The minimum Gasteiger partial charge on any atom is -0.380 e. The van der Waals surface area contributed by atoms with Crippen molar-refractivity contribution in [3.63, 3.8) is 0 Å². The van der Waals surface area contributed by atoms with Crippen LogP contribution in [0.5, 0.6) is 0 Å². The fourth-order valence-corrected chi connectivity index (χ4v) is 2.94. The summed E-state index contributed by atoms with van der Waals surface area (Å²) >= 11 is 1.65. The average molecular weight is 232 g/mol. The topological polar surface area (TPSA) is 20.2 Å². The molecule has 2 aromatic rings. The number of rotatable bonds is 2. The minimum atomic E-state index is -0.859. The average Bonchev–Trinajstić information content (AvgIpc) is 2.59. The Morgan fingerprint density at radius 2 is 2.00 bits per heavy atom. The molecule has 1 aromatic heterocycles. The molecule has 16 heavy (non-hydrogen) atoms. The second kappa shape index (κ2) is 4.04. The number of hydrogen-bond donors (Lipinski definition) is 1. The lowest BCUT2D eigenvalue weighted by Gasteiger charge is -2.17. The van der Waals surface area contributed by atoms with Crippen LogP contribution < -0.4 is 0 Å². The summed E-state index contributed by atoms with van der Waals surface area (Å²) in [6.07, 6.45) is 1.90. The summed E-state index contributed by atoms with van der Waals surface area (Å²) in [5.74, 6) is 0. The molecule has 0 saturated heterocycles. The van der Waals surface area contributed by atoms with Crippen molar-refractivity contribution in [3.8, 4) is 0 Å². The third kappa shape index (κ3) is 2.18. The SMILES string of the molecule is CC(C)=CC(C)(O)c1cc2ccccc2s1. The Morgan fingerprint density at radius 1 is 1.31 bits per heavy atom. The summed E-state index contributed by atoms with van der Waals surface area (Å²) in [6.45, 7) is 5.84. The first-order chi connectivity index (χ1) is 7.49. The van der Waals surface area contributed by atoms with Gasteiger partial charge in [-0.25, -0.2) is 0 Å². The Morgan fingerprint density at radius 3 is 2.62 bits per heavy atom. The Balaban J connectivity index is 2.51. The Bertz CT molecular complexity index is 497. The molecule has 1 nitrogen and oxygen atoms in total. The zero-order valence-electron chi connectivity index (χ0n) is 9.82. The van der Waals surface area contributed by atoms with Gasteiger partial charge in [0.15, 0.2) is 0 Å². The molecule has 0 fully saturated rings. The van der Waals surface area contributed by atoms with Crippen molar-refractivity contribution in [2.45, 2.75) is 26.4 Å². The molecule has 0 bridgehead atoms. The molecule has 0 aliphatic carbocycles. The van der Waals surface area contributed by atoms with Gasteiger partial charge in [0.05, 0.1) is 0 Å². The lowest BCUT2D eigenvalue weighted by Crippen LogP contribution is -2.16.